The van der Waals surface area contributed by atoms with Crippen LogP contribution in [0, 0.1) is 17.3 Å². The van der Waals surface area contributed by atoms with Crippen molar-refractivity contribution in [1.82, 2.24) is 0 Å². The molecule has 1 aliphatic rings. The third kappa shape index (κ3) is 2.47. The Morgan fingerprint density at radius 3 is 2.55 bits per heavy atom. The highest BCUT2D eigenvalue weighted by molar-refractivity contribution is 9.09. The lowest BCUT2D eigenvalue weighted by molar-refractivity contribution is 0.412. The van der Waals surface area contributed by atoms with Crippen LogP contribution in [0.2, 0.25) is 0 Å². The molecule has 1 aliphatic carbocycles. The molecule has 0 nitrogen and oxygen atoms in total. The second-order valence-corrected chi connectivity index (χ2v) is 5.29. The van der Waals surface area contributed by atoms with Crippen LogP contribution in [0.4, 0.5) is 0 Å². The molecule has 11 heavy (non-hydrogen) atoms. The SMILES string of the molecule is CC(C)CCC1(C)CC1CBr. The largest absolute Gasteiger partial charge is 0.0925 e. The molecule has 0 heterocycles. The van der Waals surface area contributed by atoms with Crippen molar-refractivity contribution in [1.29, 1.82) is 0 Å². The molecule has 0 aromatic rings. The highest BCUT2D eigenvalue weighted by atomic mass is 79.9. The minimum Gasteiger partial charge on any atom is -0.0925 e. The van der Waals surface area contributed by atoms with E-state index in [2.05, 4.69) is 36.7 Å². The van der Waals surface area contributed by atoms with Crippen molar-refractivity contribution >= 4 is 15.9 Å². The molecule has 0 bridgehead atoms. The molecule has 0 aromatic carbocycles. The van der Waals surface area contributed by atoms with E-state index in [4.69, 9.17) is 0 Å². The molecule has 0 radical (unpaired) electrons. The summed E-state index contributed by atoms with van der Waals surface area (Å²) in [5.41, 5.74) is 0.702. The van der Waals surface area contributed by atoms with Crippen molar-refractivity contribution in [3.63, 3.8) is 0 Å². The average molecular weight is 219 g/mol. The van der Waals surface area contributed by atoms with Crippen LogP contribution in [-0.4, -0.2) is 5.33 Å². The Bertz CT molecular complexity index is 131. The van der Waals surface area contributed by atoms with Crippen molar-refractivity contribution < 1.29 is 0 Å². The zero-order chi connectivity index (χ0) is 8.48. The third-order valence-corrected chi connectivity index (χ3v) is 3.80. The summed E-state index contributed by atoms with van der Waals surface area (Å²) in [6, 6.07) is 0. The number of halogens is 1. The summed E-state index contributed by atoms with van der Waals surface area (Å²) >= 11 is 3.56. The Balaban J connectivity index is 2.18. The average Bonchev–Trinajstić information content (AvgIpc) is 2.59. The summed E-state index contributed by atoms with van der Waals surface area (Å²) in [5, 5.41) is 1.21. The molecule has 0 saturated heterocycles. The number of alkyl halides is 1. The Hall–Kier alpha value is 0.480. The maximum Gasteiger partial charge on any atom is 0.00650 e. The van der Waals surface area contributed by atoms with E-state index in [1.807, 2.05) is 0 Å². The molecule has 1 heteroatoms. The maximum atomic E-state index is 3.56. The fraction of sp³-hybridized carbons (Fsp3) is 1.00. The lowest BCUT2D eigenvalue weighted by atomic mass is 9.95. The molecule has 0 aliphatic heterocycles. The van der Waals surface area contributed by atoms with Crippen molar-refractivity contribution in [3.8, 4) is 0 Å². The summed E-state index contributed by atoms with van der Waals surface area (Å²) in [6.45, 7) is 7.06. The molecule has 0 aromatic heterocycles. The zero-order valence-corrected chi connectivity index (χ0v) is 9.45. The van der Waals surface area contributed by atoms with E-state index in [0.717, 1.165) is 11.8 Å². The van der Waals surface area contributed by atoms with Crippen molar-refractivity contribution in [2.24, 2.45) is 17.3 Å². The summed E-state index contributed by atoms with van der Waals surface area (Å²) in [5.74, 6) is 1.85. The van der Waals surface area contributed by atoms with E-state index in [1.54, 1.807) is 0 Å². The molecule has 66 valence electrons. The van der Waals surface area contributed by atoms with Crippen LogP contribution in [0.1, 0.15) is 40.0 Å². The van der Waals surface area contributed by atoms with Crippen LogP contribution < -0.4 is 0 Å². The van der Waals surface area contributed by atoms with Crippen molar-refractivity contribution in [3.05, 3.63) is 0 Å². The van der Waals surface area contributed by atoms with Gasteiger partial charge in [-0.25, -0.2) is 0 Å². The van der Waals surface area contributed by atoms with Crippen LogP contribution in [0.25, 0.3) is 0 Å². The summed E-state index contributed by atoms with van der Waals surface area (Å²) in [4.78, 5) is 0. The van der Waals surface area contributed by atoms with Gasteiger partial charge in [0.05, 0.1) is 0 Å². The van der Waals surface area contributed by atoms with Gasteiger partial charge in [-0.1, -0.05) is 43.1 Å². The normalized spacial score (nSPS) is 36.3. The molecule has 2 unspecified atom stereocenters. The van der Waals surface area contributed by atoms with E-state index in [9.17, 15) is 0 Å². The quantitative estimate of drug-likeness (QED) is 0.630. The number of hydrogen-bond donors (Lipinski definition) is 0. The predicted octanol–water partition coefficient (Wildman–Crippen LogP) is 3.84. The molecule has 0 N–H and O–H groups in total. The monoisotopic (exact) mass is 218 g/mol. The van der Waals surface area contributed by atoms with Gasteiger partial charge in [0.2, 0.25) is 0 Å². The third-order valence-electron chi connectivity index (χ3n) is 3.02. The predicted molar refractivity (Wildman–Crippen MR) is 54.1 cm³/mol. The molecule has 0 amide bonds. The lowest BCUT2D eigenvalue weighted by Gasteiger charge is -2.11. The van der Waals surface area contributed by atoms with E-state index < -0.39 is 0 Å². The number of rotatable bonds is 4. The van der Waals surface area contributed by atoms with Gasteiger partial charge in [0.15, 0.2) is 0 Å². The summed E-state index contributed by atoms with van der Waals surface area (Å²) < 4.78 is 0. The fourth-order valence-corrected chi connectivity index (χ4v) is 2.68. The Kier molecular flexibility index (Phi) is 3.02. The van der Waals surface area contributed by atoms with Gasteiger partial charge in [-0.3, -0.25) is 0 Å². The van der Waals surface area contributed by atoms with Crippen molar-refractivity contribution in [2.45, 2.75) is 40.0 Å². The van der Waals surface area contributed by atoms with Crippen molar-refractivity contribution in [2.75, 3.05) is 5.33 Å². The first-order valence-corrected chi connectivity index (χ1v) is 5.76. The van der Waals surface area contributed by atoms with Gasteiger partial charge >= 0.3 is 0 Å². The Labute approximate surface area is 78.9 Å². The highest BCUT2D eigenvalue weighted by Crippen LogP contribution is 2.56. The van der Waals surface area contributed by atoms with Gasteiger partial charge in [-0.05, 0) is 30.1 Å². The first-order chi connectivity index (χ1) is 5.08. The van der Waals surface area contributed by atoms with Gasteiger partial charge in [0.25, 0.3) is 0 Å². The molecule has 1 fully saturated rings. The fourth-order valence-electron chi connectivity index (χ4n) is 1.67. The Morgan fingerprint density at radius 2 is 2.18 bits per heavy atom. The molecule has 1 rings (SSSR count). The zero-order valence-electron chi connectivity index (χ0n) is 7.86. The summed E-state index contributed by atoms with van der Waals surface area (Å²) in [6.07, 6.45) is 4.28. The standard InChI is InChI=1S/C10H19Br/c1-8(2)4-5-10(3)6-9(10)7-11/h8-9H,4-7H2,1-3H3. The molecule has 0 spiro atoms. The minimum atomic E-state index is 0.702. The molecule has 2 atom stereocenters. The Morgan fingerprint density at radius 1 is 1.55 bits per heavy atom. The van der Waals surface area contributed by atoms with Crippen LogP contribution >= 0.6 is 15.9 Å². The van der Waals surface area contributed by atoms with Crippen LogP contribution in [0.15, 0.2) is 0 Å². The van der Waals surface area contributed by atoms with Gasteiger partial charge in [0, 0.05) is 5.33 Å². The van der Waals surface area contributed by atoms with Crippen LogP contribution in [0.3, 0.4) is 0 Å². The van der Waals surface area contributed by atoms with Crippen LogP contribution in [0.5, 0.6) is 0 Å². The smallest absolute Gasteiger partial charge is 0.00650 e. The van der Waals surface area contributed by atoms with E-state index >= 15 is 0 Å². The first-order valence-electron chi connectivity index (χ1n) is 4.64. The maximum absolute atomic E-state index is 3.56. The lowest BCUT2D eigenvalue weighted by Crippen LogP contribution is -2.01. The molecule has 1 saturated carbocycles. The highest BCUT2D eigenvalue weighted by Gasteiger charge is 2.47. The topological polar surface area (TPSA) is 0 Å². The number of hydrogen-bond acceptors (Lipinski definition) is 0. The van der Waals surface area contributed by atoms with E-state index in [0.29, 0.717) is 5.41 Å². The van der Waals surface area contributed by atoms with Gasteiger partial charge < -0.3 is 0 Å². The van der Waals surface area contributed by atoms with Gasteiger partial charge in [-0.2, -0.15) is 0 Å². The molecular weight excluding hydrogens is 200 g/mol. The van der Waals surface area contributed by atoms with Crippen LogP contribution in [-0.2, 0) is 0 Å². The second-order valence-electron chi connectivity index (χ2n) is 4.64. The van der Waals surface area contributed by atoms with Gasteiger partial charge in [-0.15, -0.1) is 0 Å². The van der Waals surface area contributed by atoms with E-state index in [1.165, 1.54) is 24.6 Å². The summed E-state index contributed by atoms with van der Waals surface area (Å²) in [7, 11) is 0. The molecular formula is C10H19Br. The first kappa shape index (κ1) is 9.57. The second kappa shape index (κ2) is 3.47. The van der Waals surface area contributed by atoms with Gasteiger partial charge in [0.1, 0.15) is 0 Å². The van der Waals surface area contributed by atoms with E-state index in [-0.39, 0.29) is 0 Å². The minimum absolute atomic E-state index is 0.702.